The summed E-state index contributed by atoms with van der Waals surface area (Å²) in [6.07, 6.45) is 2.88. The zero-order valence-electron chi connectivity index (χ0n) is 15.7. The van der Waals surface area contributed by atoms with Crippen LogP contribution in [0.3, 0.4) is 0 Å². The van der Waals surface area contributed by atoms with E-state index in [0.717, 1.165) is 5.56 Å². The van der Waals surface area contributed by atoms with Gasteiger partial charge in [0.2, 0.25) is 12.7 Å². The summed E-state index contributed by atoms with van der Waals surface area (Å²) in [6, 6.07) is 15.8. The Balaban J connectivity index is 1.40. The lowest BCUT2D eigenvalue weighted by Crippen LogP contribution is -2.24. The first-order valence-corrected chi connectivity index (χ1v) is 9.88. The molecule has 0 aliphatic carbocycles. The van der Waals surface area contributed by atoms with E-state index in [-0.39, 0.29) is 18.6 Å². The molecule has 0 fully saturated rings. The fourth-order valence-corrected chi connectivity index (χ4v) is 3.19. The van der Waals surface area contributed by atoms with Crippen molar-refractivity contribution in [3.8, 4) is 11.5 Å². The van der Waals surface area contributed by atoms with Crippen LogP contribution in [0.1, 0.15) is 21.7 Å². The summed E-state index contributed by atoms with van der Waals surface area (Å²) in [5.41, 5.74) is 1.65. The van der Waals surface area contributed by atoms with Crippen LogP contribution in [0.4, 0.5) is 5.69 Å². The molecule has 30 heavy (non-hydrogen) atoms. The number of anilines is 1. The van der Waals surface area contributed by atoms with Gasteiger partial charge in [0.15, 0.2) is 16.2 Å². The van der Waals surface area contributed by atoms with E-state index < -0.39 is 0 Å². The summed E-state index contributed by atoms with van der Waals surface area (Å²) in [5, 5.41) is 5.58. The molecule has 0 radical (unpaired) electrons. The third-order valence-electron chi connectivity index (χ3n) is 4.31. The molecule has 2 aromatic carbocycles. The van der Waals surface area contributed by atoms with Gasteiger partial charge in [-0.15, -0.1) is 0 Å². The minimum atomic E-state index is -0.376. The highest BCUT2D eigenvalue weighted by Crippen LogP contribution is 2.32. The minimum absolute atomic E-state index is 0.198. The van der Waals surface area contributed by atoms with Gasteiger partial charge in [-0.1, -0.05) is 18.2 Å². The molecule has 0 atom stereocenters. The fourth-order valence-electron chi connectivity index (χ4n) is 2.87. The van der Waals surface area contributed by atoms with Gasteiger partial charge in [0.25, 0.3) is 5.91 Å². The topological polar surface area (TPSA) is 89.8 Å². The van der Waals surface area contributed by atoms with Crippen molar-refractivity contribution in [1.29, 1.82) is 0 Å². The van der Waals surface area contributed by atoms with Crippen LogP contribution < -0.4 is 20.1 Å². The second-order valence-electron chi connectivity index (χ2n) is 6.38. The van der Waals surface area contributed by atoms with Crippen LogP contribution in [-0.2, 0) is 11.3 Å². The summed E-state index contributed by atoms with van der Waals surface area (Å²) in [6.45, 7) is 0.509. The number of rotatable bonds is 6. The highest BCUT2D eigenvalue weighted by molar-refractivity contribution is 9.10. The molecular formula is C22H17BrN2O5. The number of fused-ring (bicyclic) bond motifs is 1. The summed E-state index contributed by atoms with van der Waals surface area (Å²) < 4.78 is 16.5. The molecule has 0 unspecified atom stereocenters. The number of furan rings is 1. The molecule has 0 saturated carbocycles. The van der Waals surface area contributed by atoms with Gasteiger partial charge in [0.1, 0.15) is 5.76 Å². The lowest BCUT2D eigenvalue weighted by molar-refractivity contribution is -0.111. The third-order valence-corrected chi connectivity index (χ3v) is 4.74. The van der Waals surface area contributed by atoms with E-state index in [2.05, 4.69) is 26.6 Å². The molecule has 0 saturated heterocycles. The number of carbonyl (C=O) groups is 2. The second kappa shape index (κ2) is 8.87. The molecule has 3 aromatic rings. The highest BCUT2D eigenvalue weighted by atomic mass is 79.9. The Bertz CT molecular complexity index is 1120. The Morgan fingerprint density at radius 1 is 1.03 bits per heavy atom. The molecule has 1 aromatic heterocycles. The Morgan fingerprint density at radius 3 is 2.70 bits per heavy atom. The summed E-state index contributed by atoms with van der Waals surface area (Å²) in [7, 11) is 0. The number of ether oxygens (including phenoxy) is 2. The highest BCUT2D eigenvalue weighted by Gasteiger charge is 2.15. The van der Waals surface area contributed by atoms with E-state index >= 15 is 0 Å². The zero-order chi connectivity index (χ0) is 20.9. The Kier molecular flexibility index (Phi) is 5.85. The SMILES string of the molecule is O=C(/C=C/c1ccc(Br)o1)Nc1ccccc1C(=O)NCc1ccc2c(c1)OCO2. The molecule has 4 rings (SSSR count). The molecular weight excluding hydrogens is 452 g/mol. The molecule has 1 aliphatic rings. The lowest BCUT2D eigenvalue weighted by Gasteiger charge is -2.11. The number of carbonyl (C=O) groups excluding carboxylic acids is 2. The minimum Gasteiger partial charge on any atom is -0.454 e. The van der Waals surface area contributed by atoms with Crippen molar-refractivity contribution in [2.24, 2.45) is 0 Å². The molecule has 2 amide bonds. The average molecular weight is 469 g/mol. The number of hydrogen-bond acceptors (Lipinski definition) is 5. The van der Waals surface area contributed by atoms with Gasteiger partial charge in [-0.05, 0) is 64.0 Å². The first kappa shape index (κ1) is 19.8. The molecule has 1 aliphatic heterocycles. The van der Waals surface area contributed by atoms with Crippen LogP contribution in [0.5, 0.6) is 11.5 Å². The van der Waals surface area contributed by atoms with Gasteiger partial charge < -0.3 is 24.5 Å². The summed E-state index contributed by atoms with van der Waals surface area (Å²) in [4.78, 5) is 24.9. The smallest absolute Gasteiger partial charge is 0.253 e. The molecule has 2 N–H and O–H groups in total. The Labute approximate surface area is 180 Å². The quantitative estimate of drug-likeness (QED) is 0.524. The molecule has 8 heteroatoms. The van der Waals surface area contributed by atoms with Crippen LogP contribution in [-0.4, -0.2) is 18.6 Å². The van der Waals surface area contributed by atoms with Gasteiger partial charge in [0.05, 0.1) is 11.3 Å². The van der Waals surface area contributed by atoms with Crippen LogP contribution in [0.25, 0.3) is 6.08 Å². The maximum atomic E-state index is 12.7. The number of nitrogens with one attached hydrogen (secondary N) is 2. The molecule has 2 heterocycles. The maximum Gasteiger partial charge on any atom is 0.253 e. The second-order valence-corrected chi connectivity index (χ2v) is 7.16. The molecule has 7 nitrogen and oxygen atoms in total. The van der Waals surface area contributed by atoms with Crippen molar-refractivity contribution in [3.05, 3.63) is 82.2 Å². The van der Waals surface area contributed by atoms with E-state index in [1.807, 2.05) is 18.2 Å². The van der Waals surface area contributed by atoms with Crippen molar-refractivity contribution < 1.29 is 23.5 Å². The van der Waals surface area contributed by atoms with Gasteiger partial charge >= 0.3 is 0 Å². The molecule has 0 spiro atoms. The van der Waals surface area contributed by atoms with Gasteiger partial charge in [-0.3, -0.25) is 9.59 Å². The van der Waals surface area contributed by atoms with Crippen molar-refractivity contribution in [3.63, 3.8) is 0 Å². The van der Waals surface area contributed by atoms with E-state index in [1.165, 1.54) is 6.08 Å². The Hall–Kier alpha value is -3.52. The average Bonchev–Trinajstić information content (AvgIpc) is 3.39. The number of amides is 2. The number of para-hydroxylation sites is 1. The largest absolute Gasteiger partial charge is 0.454 e. The predicted molar refractivity (Wildman–Crippen MR) is 114 cm³/mol. The predicted octanol–water partition coefficient (Wildman–Crippen LogP) is 4.35. The van der Waals surface area contributed by atoms with Crippen molar-refractivity contribution >= 4 is 39.5 Å². The van der Waals surface area contributed by atoms with Gasteiger partial charge in [0, 0.05) is 12.6 Å². The van der Waals surface area contributed by atoms with Crippen LogP contribution in [0.2, 0.25) is 0 Å². The van der Waals surface area contributed by atoms with Gasteiger partial charge in [-0.2, -0.15) is 0 Å². The van der Waals surface area contributed by atoms with Crippen LogP contribution in [0, 0.1) is 0 Å². The van der Waals surface area contributed by atoms with Crippen molar-refractivity contribution in [1.82, 2.24) is 5.32 Å². The number of benzene rings is 2. The standard InChI is InChI=1S/C22H17BrN2O5/c23-20-9-6-15(30-20)7-10-21(26)25-17-4-2-1-3-16(17)22(27)24-12-14-5-8-18-19(11-14)29-13-28-18/h1-11H,12-13H2,(H,24,27)(H,25,26)/b10-7+. The number of hydrogen-bond donors (Lipinski definition) is 2. The van der Waals surface area contributed by atoms with E-state index in [9.17, 15) is 9.59 Å². The first-order chi connectivity index (χ1) is 14.6. The maximum absolute atomic E-state index is 12.7. The van der Waals surface area contributed by atoms with Crippen LogP contribution >= 0.6 is 15.9 Å². The normalized spacial score (nSPS) is 12.2. The molecule has 0 bridgehead atoms. The summed E-state index contributed by atoms with van der Waals surface area (Å²) in [5.74, 6) is 1.20. The van der Waals surface area contributed by atoms with E-state index in [4.69, 9.17) is 13.9 Å². The Morgan fingerprint density at radius 2 is 1.87 bits per heavy atom. The third kappa shape index (κ3) is 4.72. The van der Waals surface area contributed by atoms with Crippen molar-refractivity contribution in [2.75, 3.05) is 12.1 Å². The monoisotopic (exact) mass is 468 g/mol. The number of halogens is 1. The van der Waals surface area contributed by atoms with Crippen LogP contribution in [0.15, 0.2) is 69.8 Å². The fraction of sp³-hybridized carbons (Fsp3) is 0.0909. The summed E-state index contributed by atoms with van der Waals surface area (Å²) >= 11 is 3.21. The molecule has 152 valence electrons. The van der Waals surface area contributed by atoms with Crippen molar-refractivity contribution in [2.45, 2.75) is 6.54 Å². The first-order valence-electron chi connectivity index (χ1n) is 9.08. The van der Waals surface area contributed by atoms with Gasteiger partial charge in [-0.25, -0.2) is 0 Å². The lowest BCUT2D eigenvalue weighted by atomic mass is 10.1. The van der Waals surface area contributed by atoms with E-state index in [1.54, 1.807) is 42.5 Å². The van der Waals surface area contributed by atoms with E-state index in [0.29, 0.717) is 39.7 Å². The zero-order valence-corrected chi connectivity index (χ0v) is 17.3.